The van der Waals surface area contributed by atoms with Crippen LogP contribution >= 0.6 is 0 Å². The van der Waals surface area contributed by atoms with Gasteiger partial charge in [0.05, 0.1) is 11.4 Å². The highest BCUT2D eigenvalue weighted by molar-refractivity contribution is 6.14. The van der Waals surface area contributed by atoms with Gasteiger partial charge in [-0.15, -0.1) is 0 Å². The Bertz CT molecular complexity index is 906. The molecule has 0 fully saturated rings. The summed E-state index contributed by atoms with van der Waals surface area (Å²) in [6.07, 6.45) is 5.94. The van der Waals surface area contributed by atoms with E-state index in [1.807, 2.05) is 43.6 Å². The van der Waals surface area contributed by atoms with Crippen LogP contribution in [0.3, 0.4) is 0 Å². The summed E-state index contributed by atoms with van der Waals surface area (Å²) < 4.78 is 1.73. The zero-order valence-corrected chi connectivity index (χ0v) is 13.4. The summed E-state index contributed by atoms with van der Waals surface area (Å²) in [4.78, 5) is 18.8. The number of aryl methyl sites for hydroxylation is 1. The van der Waals surface area contributed by atoms with Crippen LogP contribution in [0.5, 0.6) is 0 Å². The third-order valence-electron chi connectivity index (χ3n) is 4.46. The first-order valence-electron chi connectivity index (χ1n) is 7.86. The normalized spacial score (nSPS) is 16.7. The molecule has 3 heterocycles. The van der Waals surface area contributed by atoms with Gasteiger partial charge in [-0.3, -0.25) is 14.5 Å². The third-order valence-corrected chi connectivity index (χ3v) is 4.46. The Kier molecular flexibility index (Phi) is 3.37. The number of hydrogen-bond donors (Lipinski definition) is 1. The molecular weight excluding hydrogens is 302 g/mol. The molecule has 2 aliphatic rings. The van der Waals surface area contributed by atoms with Crippen molar-refractivity contribution in [1.29, 1.82) is 5.41 Å². The summed E-state index contributed by atoms with van der Waals surface area (Å²) >= 11 is 0. The fourth-order valence-electron chi connectivity index (χ4n) is 3.28. The fraction of sp³-hybridized carbons (Fsp3) is 0.222. The van der Waals surface area contributed by atoms with Crippen LogP contribution in [0.4, 0.5) is 0 Å². The van der Waals surface area contributed by atoms with Crippen molar-refractivity contribution in [1.82, 2.24) is 14.7 Å². The van der Waals surface area contributed by atoms with Gasteiger partial charge in [0.15, 0.2) is 0 Å². The average Bonchev–Trinajstić information content (AvgIpc) is 2.95. The van der Waals surface area contributed by atoms with Crippen molar-refractivity contribution in [2.75, 3.05) is 13.1 Å². The number of nitrogens with one attached hydrogen (secondary N) is 1. The smallest absolute Gasteiger partial charge is 0.248 e. The van der Waals surface area contributed by atoms with E-state index in [1.165, 1.54) is 6.21 Å². The molecule has 1 N–H and O–H groups in total. The number of carbonyl (C=O) groups excluding carboxylic acids is 1. The molecule has 0 radical (unpaired) electrons. The summed E-state index contributed by atoms with van der Waals surface area (Å²) in [5.74, 6) is -0.00177. The number of rotatable bonds is 2. The van der Waals surface area contributed by atoms with Crippen molar-refractivity contribution in [2.45, 2.75) is 6.42 Å². The number of amides is 1. The van der Waals surface area contributed by atoms with E-state index in [1.54, 1.807) is 9.58 Å². The van der Waals surface area contributed by atoms with Gasteiger partial charge in [-0.2, -0.15) is 5.10 Å². The summed E-state index contributed by atoms with van der Waals surface area (Å²) in [5.41, 5.74) is 5.35. The lowest BCUT2D eigenvalue weighted by Gasteiger charge is -2.31. The van der Waals surface area contributed by atoms with Gasteiger partial charge in [0.1, 0.15) is 12.2 Å². The maximum atomic E-state index is 12.5. The Morgan fingerprint density at radius 3 is 2.92 bits per heavy atom. The van der Waals surface area contributed by atoms with Crippen LogP contribution in [0.2, 0.25) is 0 Å². The van der Waals surface area contributed by atoms with Gasteiger partial charge >= 0.3 is 0 Å². The number of allylic oxidation sites excluding steroid dienone is 1. The van der Waals surface area contributed by atoms with Crippen molar-refractivity contribution >= 4 is 23.5 Å². The summed E-state index contributed by atoms with van der Waals surface area (Å²) in [7, 11) is 1.86. The fourth-order valence-corrected chi connectivity index (χ4v) is 3.28. The quantitative estimate of drug-likeness (QED) is 0.855. The monoisotopic (exact) mass is 319 g/mol. The van der Waals surface area contributed by atoms with Gasteiger partial charge in [0.25, 0.3) is 0 Å². The van der Waals surface area contributed by atoms with E-state index >= 15 is 0 Å². The first-order valence-corrected chi connectivity index (χ1v) is 7.86. The maximum Gasteiger partial charge on any atom is 0.248 e. The number of nitrogens with zero attached hydrogens (tertiary/aromatic N) is 4. The minimum atomic E-state index is -0.00177. The Morgan fingerprint density at radius 1 is 1.29 bits per heavy atom. The Hall–Kier alpha value is -3.02. The maximum absolute atomic E-state index is 12.5. The van der Waals surface area contributed by atoms with Crippen LogP contribution in [0.15, 0.2) is 41.5 Å². The number of aliphatic imine (C=N–C) groups is 1. The van der Waals surface area contributed by atoms with Gasteiger partial charge in [-0.05, 0) is 29.7 Å². The minimum absolute atomic E-state index is 0.00177. The minimum Gasteiger partial charge on any atom is -0.310 e. The van der Waals surface area contributed by atoms with E-state index in [9.17, 15) is 4.79 Å². The SMILES string of the molecule is Cn1ccc(C2=NCC(=O)N3CCc4c(C=N)cccc4C3=C2)n1. The van der Waals surface area contributed by atoms with Crippen LogP contribution in [-0.2, 0) is 18.3 Å². The van der Waals surface area contributed by atoms with E-state index in [0.717, 1.165) is 40.2 Å². The third kappa shape index (κ3) is 2.27. The second-order valence-corrected chi connectivity index (χ2v) is 5.92. The molecule has 1 aromatic heterocycles. The highest BCUT2D eigenvalue weighted by Gasteiger charge is 2.29. The van der Waals surface area contributed by atoms with E-state index in [4.69, 9.17) is 5.41 Å². The molecule has 2 aliphatic heterocycles. The molecule has 1 amide bonds. The predicted molar refractivity (Wildman–Crippen MR) is 92.3 cm³/mol. The molecule has 0 bridgehead atoms. The van der Waals surface area contributed by atoms with Crippen molar-refractivity contribution in [3.63, 3.8) is 0 Å². The van der Waals surface area contributed by atoms with E-state index in [2.05, 4.69) is 10.1 Å². The van der Waals surface area contributed by atoms with Crippen molar-refractivity contribution in [3.05, 3.63) is 58.9 Å². The zero-order valence-electron chi connectivity index (χ0n) is 13.4. The lowest BCUT2D eigenvalue weighted by atomic mass is 9.91. The second-order valence-electron chi connectivity index (χ2n) is 5.92. The van der Waals surface area contributed by atoms with Gasteiger partial charge < -0.3 is 10.3 Å². The predicted octanol–water partition coefficient (Wildman–Crippen LogP) is 1.65. The molecular formula is C18H17N5O. The Labute approximate surface area is 139 Å². The van der Waals surface area contributed by atoms with Crippen LogP contribution in [0.1, 0.15) is 22.4 Å². The largest absolute Gasteiger partial charge is 0.310 e. The lowest BCUT2D eigenvalue weighted by Crippen LogP contribution is -2.36. The molecule has 0 saturated heterocycles. The van der Waals surface area contributed by atoms with Crippen molar-refractivity contribution in [3.8, 4) is 0 Å². The van der Waals surface area contributed by atoms with Gasteiger partial charge in [-0.25, -0.2) is 0 Å². The molecule has 2 aromatic rings. The highest BCUT2D eigenvalue weighted by Crippen LogP contribution is 2.32. The number of aromatic nitrogens is 2. The van der Waals surface area contributed by atoms with Crippen molar-refractivity contribution in [2.24, 2.45) is 12.0 Å². The Morgan fingerprint density at radius 2 is 2.17 bits per heavy atom. The molecule has 120 valence electrons. The van der Waals surface area contributed by atoms with Crippen LogP contribution < -0.4 is 0 Å². The van der Waals surface area contributed by atoms with Gasteiger partial charge in [-0.1, -0.05) is 18.2 Å². The summed E-state index contributed by atoms with van der Waals surface area (Å²) in [6.45, 7) is 0.749. The van der Waals surface area contributed by atoms with E-state index in [-0.39, 0.29) is 12.5 Å². The van der Waals surface area contributed by atoms with Crippen LogP contribution in [-0.4, -0.2) is 45.6 Å². The molecule has 24 heavy (non-hydrogen) atoms. The van der Waals surface area contributed by atoms with Crippen molar-refractivity contribution < 1.29 is 4.79 Å². The molecule has 0 spiro atoms. The molecule has 6 heteroatoms. The van der Waals surface area contributed by atoms with E-state index in [0.29, 0.717) is 6.54 Å². The topological polar surface area (TPSA) is 74.3 Å². The molecule has 0 aliphatic carbocycles. The van der Waals surface area contributed by atoms with Crippen LogP contribution in [0, 0.1) is 5.41 Å². The number of carbonyl (C=O) groups is 1. The molecule has 0 saturated carbocycles. The van der Waals surface area contributed by atoms with Gasteiger partial charge in [0.2, 0.25) is 5.91 Å². The number of benzene rings is 1. The molecule has 0 unspecified atom stereocenters. The first kappa shape index (κ1) is 14.6. The Balaban J connectivity index is 1.88. The molecule has 6 nitrogen and oxygen atoms in total. The summed E-state index contributed by atoms with van der Waals surface area (Å²) in [5, 5.41) is 12.0. The second kappa shape index (κ2) is 5.56. The van der Waals surface area contributed by atoms with Gasteiger partial charge in [0, 0.05) is 31.6 Å². The van der Waals surface area contributed by atoms with E-state index < -0.39 is 0 Å². The van der Waals surface area contributed by atoms with Crippen LogP contribution in [0.25, 0.3) is 5.70 Å². The zero-order chi connectivity index (χ0) is 16.7. The highest BCUT2D eigenvalue weighted by atomic mass is 16.2. The average molecular weight is 319 g/mol. The first-order chi connectivity index (χ1) is 11.7. The molecule has 1 aromatic carbocycles. The number of fused-ring (bicyclic) bond motifs is 3. The number of hydrogen-bond acceptors (Lipinski definition) is 4. The lowest BCUT2D eigenvalue weighted by molar-refractivity contribution is -0.126. The molecule has 4 rings (SSSR count). The summed E-state index contributed by atoms with van der Waals surface area (Å²) in [6, 6.07) is 7.77. The standard InChI is InChI=1S/C18H17N5O/c1-22-7-6-15(21-22)16-9-17-14-4-2-3-12(10-19)13(14)5-8-23(17)18(24)11-20-16/h2-4,6-7,9-10,19H,5,8,11H2,1H3. The molecule has 0 atom stereocenters.